The molecule has 22 heavy (non-hydrogen) atoms. The third-order valence-corrected chi connectivity index (χ3v) is 2.47. The van der Waals surface area contributed by atoms with Gasteiger partial charge in [0.1, 0.15) is 12.6 Å². The van der Waals surface area contributed by atoms with Gasteiger partial charge in [0.05, 0.1) is 0 Å². The monoisotopic (exact) mass is 425 g/mol. The van der Waals surface area contributed by atoms with Crippen molar-refractivity contribution in [1.82, 2.24) is 20.8 Å². The van der Waals surface area contributed by atoms with Crippen LogP contribution in [0.25, 0.3) is 0 Å². The summed E-state index contributed by atoms with van der Waals surface area (Å²) in [7, 11) is 0. The number of aromatic nitrogens is 2. The fourth-order valence-electron chi connectivity index (χ4n) is 1.63. The Balaban J connectivity index is 0.00000441. The number of hydrogen-bond donors (Lipinski definition) is 2. The summed E-state index contributed by atoms with van der Waals surface area (Å²) < 4.78 is 10.6. The molecule has 7 nitrogen and oxygen atoms in total. The van der Waals surface area contributed by atoms with Gasteiger partial charge in [0.25, 0.3) is 0 Å². The zero-order valence-corrected chi connectivity index (χ0v) is 16.6. The minimum absolute atomic E-state index is 0. The highest BCUT2D eigenvalue weighted by Gasteiger charge is 2.15. The molecule has 0 aliphatic heterocycles. The van der Waals surface area contributed by atoms with Crippen LogP contribution in [0, 0.1) is 0 Å². The van der Waals surface area contributed by atoms with Crippen molar-refractivity contribution in [3.8, 4) is 0 Å². The van der Waals surface area contributed by atoms with Crippen molar-refractivity contribution in [3.05, 3.63) is 11.7 Å². The van der Waals surface area contributed by atoms with Gasteiger partial charge in [0.2, 0.25) is 5.89 Å². The van der Waals surface area contributed by atoms with Gasteiger partial charge in [-0.3, -0.25) is 0 Å². The van der Waals surface area contributed by atoms with E-state index in [1.165, 1.54) is 0 Å². The molecule has 0 fully saturated rings. The van der Waals surface area contributed by atoms with Gasteiger partial charge < -0.3 is 19.9 Å². The summed E-state index contributed by atoms with van der Waals surface area (Å²) in [5.41, 5.74) is -0.0650. The highest BCUT2D eigenvalue weighted by atomic mass is 127. The van der Waals surface area contributed by atoms with Gasteiger partial charge in [-0.15, -0.1) is 24.0 Å². The van der Waals surface area contributed by atoms with E-state index in [1.807, 2.05) is 20.8 Å². The van der Waals surface area contributed by atoms with E-state index in [1.54, 1.807) is 0 Å². The molecule has 0 aliphatic carbocycles. The number of aliphatic imine (C=N–C) groups is 1. The standard InChI is InChI=1S/C14H27N5O2.HI/c1-7-15-13(18-14(4,5)6)16-9-11-17-12(19-21-11)10(3)20-8-2;/h10H,7-9H2,1-6H3,(H2,15,16,18);1H. The molecular formula is C14H28IN5O2. The van der Waals surface area contributed by atoms with Crippen LogP contribution in [-0.2, 0) is 11.3 Å². The van der Waals surface area contributed by atoms with Crippen LogP contribution in [0.15, 0.2) is 9.52 Å². The summed E-state index contributed by atoms with van der Waals surface area (Å²) >= 11 is 0. The first kappa shape index (κ1) is 21.1. The molecule has 0 aromatic carbocycles. The number of rotatable bonds is 6. The lowest BCUT2D eigenvalue weighted by atomic mass is 10.1. The summed E-state index contributed by atoms with van der Waals surface area (Å²) in [5.74, 6) is 1.75. The number of hydrogen-bond acceptors (Lipinski definition) is 5. The second kappa shape index (κ2) is 9.98. The first-order valence-electron chi connectivity index (χ1n) is 7.36. The lowest BCUT2D eigenvalue weighted by molar-refractivity contribution is 0.0683. The van der Waals surface area contributed by atoms with Crippen molar-refractivity contribution in [2.75, 3.05) is 13.2 Å². The Bertz CT molecular complexity index is 456. The van der Waals surface area contributed by atoms with E-state index in [-0.39, 0.29) is 35.6 Å². The van der Waals surface area contributed by atoms with E-state index in [0.29, 0.717) is 24.9 Å². The van der Waals surface area contributed by atoms with Gasteiger partial charge in [0.15, 0.2) is 11.8 Å². The molecule has 0 saturated carbocycles. The molecular weight excluding hydrogens is 397 g/mol. The molecule has 8 heteroatoms. The summed E-state index contributed by atoms with van der Waals surface area (Å²) in [4.78, 5) is 8.74. The van der Waals surface area contributed by atoms with Gasteiger partial charge >= 0.3 is 0 Å². The molecule has 128 valence electrons. The number of guanidine groups is 1. The fraction of sp³-hybridized carbons (Fsp3) is 0.786. The van der Waals surface area contributed by atoms with Crippen LogP contribution in [0.1, 0.15) is 59.4 Å². The van der Waals surface area contributed by atoms with E-state index in [2.05, 4.69) is 46.5 Å². The molecule has 0 aliphatic rings. The third-order valence-electron chi connectivity index (χ3n) is 2.47. The molecule has 1 unspecified atom stereocenters. The van der Waals surface area contributed by atoms with Crippen molar-refractivity contribution in [3.63, 3.8) is 0 Å². The quantitative estimate of drug-likeness (QED) is 0.414. The first-order valence-corrected chi connectivity index (χ1v) is 7.36. The number of ether oxygens (including phenoxy) is 1. The predicted molar refractivity (Wildman–Crippen MR) is 97.5 cm³/mol. The highest BCUT2D eigenvalue weighted by Crippen LogP contribution is 2.13. The average Bonchev–Trinajstić information content (AvgIpc) is 2.83. The topological polar surface area (TPSA) is 84.6 Å². The van der Waals surface area contributed by atoms with Crippen LogP contribution in [0.2, 0.25) is 0 Å². The Morgan fingerprint density at radius 3 is 2.59 bits per heavy atom. The zero-order chi connectivity index (χ0) is 15.9. The van der Waals surface area contributed by atoms with Crippen molar-refractivity contribution in [2.45, 2.75) is 59.7 Å². The minimum Gasteiger partial charge on any atom is -0.371 e. The van der Waals surface area contributed by atoms with Gasteiger partial charge in [-0.25, -0.2) is 4.99 Å². The van der Waals surface area contributed by atoms with Crippen molar-refractivity contribution < 1.29 is 9.26 Å². The van der Waals surface area contributed by atoms with Gasteiger partial charge in [-0.1, -0.05) is 5.16 Å². The summed E-state index contributed by atoms with van der Waals surface area (Å²) in [6.45, 7) is 13.8. The van der Waals surface area contributed by atoms with Crippen LogP contribution < -0.4 is 10.6 Å². The molecule has 1 aromatic rings. The third kappa shape index (κ3) is 7.92. The molecule has 1 atom stereocenters. The van der Waals surface area contributed by atoms with Crippen LogP contribution in [-0.4, -0.2) is 34.8 Å². The van der Waals surface area contributed by atoms with Gasteiger partial charge in [-0.05, 0) is 41.5 Å². The maximum atomic E-state index is 5.43. The van der Waals surface area contributed by atoms with Crippen molar-refractivity contribution >= 4 is 29.9 Å². The average molecular weight is 425 g/mol. The SMILES string of the molecule is CCNC(=NCc1nc(C(C)OCC)no1)NC(C)(C)C.I. The van der Waals surface area contributed by atoms with E-state index < -0.39 is 0 Å². The maximum absolute atomic E-state index is 5.43. The number of halogens is 1. The predicted octanol–water partition coefficient (Wildman–Crippen LogP) is 2.64. The lowest BCUT2D eigenvalue weighted by Crippen LogP contribution is -2.47. The molecule has 1 aromatic heterocycles. The molecule has 2 N–H and O–H groups in total. The van der Waals surface area contributed by atoms with E-state index in [9.17, 15) is 0 Å². The maximum Gasteiger partial charge on any atom is 0.248 e. The van der Waals surface area contributed by atoms with Crippen molar-refractivity contribution in [1.29, 1.82) is 0 Å². The number of nitrogens with one attached hydrogen (secondary N) is 2. The molecule has 1 heterocycles. The molecule has 0 amide bonds. The number of nitrogens with zero attached hydrogens (tertiary/aromatic N) is 3. The summed E-state index contributed by atoms with van der Waals surface area (Å²) in [6.07, 6.45) is -0.169. The Morgan fingerprint density at radius 1 is 1.36 bits per heavy atom. The Labute approximate surface area is 149 Å². The van der Waals surface area contributed by atoms with E-state index in [0.717, 1.165) is 12.5 Å². The molecule has 0 saturated heterocycles. The smallest absolute Gasteiger partial charge is 0.248 e. The zero-order valence-electron chi connectivity index (χ0n) is 14.3. The first-order chi connectivity index (χ1) is 9.85. The lowest BCUT2D eigenvalue weighted by Gasteiger charge is -2.23. The molecule has 0 radical (unpaired) electrons. The summed E-state index contributed by atoms with van der Waals surface area (Å²) in [6, 6.07) is 0. The van der Waals surface area contributed by atoms with Gasteiger partial charge in [0, 0.05) is 18.7 Å². The van der Waals surface area contributed by atoms with Crippen LogP contribution >= 0.6 is 24.0 Å². The van der Waals surface area contributed by atoms with Crippen LogP contribution in [0.5, 0.6) is 0 Å². The second-order valence-corrected chi connectivity index (χ2v) is 5.71. The molecule has 0 bridgehead atoms. The van der Waals surface area contributed by atoms with Crippen molar-refractivity contribution in [2.24, 2.45) is 4.99 Å². The fourth-order valence-corrected chi connectivity index (χ4v) is 1.63. The minimum atomic E-state index is -0.169. The molecule has 1 rings (SSSR count). The van der Waals surface area contributed by atoms with Crippen LogP contribution in [0.4, 0.5) is 0 Å². The van der Waals surface area contributed by atoms with Crippen LogP contribution in [0.3, 0.4) is 0 Å². The summed E-state index contributed by atoms with van der Waals surface area (Å²) in [5, 5.41) is 10.4. The normalized spacial score (nSPS) is 13.5. The Hall–Kier alpha value is -0.900. The largest absolute Gasteiger partial charge is 0.371 e. The molecule has 0 spiro atoms. The van der Waals surface area contributed by atoms with Gasteiger partial charge in [-0.2, -0.15) is 4.98 Å². The Morgan fingerprint density at radius 2 is 2.05 bits per heavy atom. The Kier molecular flexibility index (Phi) is 9.58. The van der Waals surface area contributed by atoms with E-state index in [4.69, 9.17) is 9.26 Å². The highest BCUT2D eigenvalue weighted by molar-refractivity contribution is 14.0. The van der Waals surface area contributed by atoms with E-state index >= 15 is 0 Å². The second-order valence-electron chi connectivity index (χ2n) is 5.71.